The van der Waals surface area contributed by atoms with Crippen LogP contribution in [-0.2, 0) is 11.3 Å². The second kappa shape index (κ2) is 6.91. The van der Waals surface area contributed by atoms with Crippen LogP contribution in [0.1, 0.15) is 28.8 Å². The maximum absolute atomic E-state index is 10.9. The molecule has 1 unspecified atom stereocenters. The van der Waals surface area contributed by atoms with E-state index in [0.717, 1.165) is 25.0 Å². The molecule has 6 nitrogen and oxygen atoms in total. The van der Waals surface area contributed by atoms with Crippen molar-refractivity contribution in [2.24, 2.45) is 16.5 Å². The summed E-state index contributed by atoms with van der Waals surface area (Å²) in [6.45, 7) is 1.98. The summed E-state index contributed by atoms with van der Waals surface area (Å²) in [6, 6.07) is 7.00. The van der Waals surface area contributed by atoms with Crippen molar-refractivity contribution in [3.8, 4) is 0 Å². The van der Waals surface area contributed by atoms with Gasteiger partial charge in [0.2, 0.25) is 5.91 Å². The van der Waals surface area contributed by atoms with Gasteiger partial charge in [0.1, 0.15) is 0 Å². The molecule has 0 bridgehead atoms. The van der Waals surface area contributed by atoms with Crippen LogP contribution in [0.5, 0.6) is 0 Å². The number of carbonyl (C=O) groups is 1. The summed E-state index contributed by atoms with van der Waals surface area (Å²) < 4.78 is 5.48. The molecule has 1 amide bonds. The molecule has 1 fully saturated rings. The molecule has 0 saturated carbocycles. The van der Waals surface area contributed by atoms with E-state index in [4.69, 9.17) is 16.2 Å². The average Bonchev–Trinajstić information content (AvgIpc) is 2.96. The van der Waals surface area contributed by atoms with Gasteiger partial charge in [-0.05, 0) is 30.5 Å². The van der Waals surface area contributed by atoms with E-state index in [1.54, 1.807) is 12.1 Å². The largest absolute Gasteiger partial charge is 0.376 e. The average molecular weight is 276 g/mol. The number of nitrogens with zero attached hydrogens (tertiary/aromatic N) is 1. The number of guanidine groups is 1. The van der Waals surface area contributed by atoms with Crippen molar-refractivity contribution < 1.29 is 9.53 Å². The zero-order valence-corrected chi connectivity index (χ0v) is 11.3. The topological polar surface area (TPSA) is 103 Å². The Kier molecular flexibility index (Phi) is 4.95. The standard InChI is InChI=1S/C14H20N4O2/c15-13(19)11-5-3-10(4-6-11)8-17-14(16)18-9-12-2-1-7-20-12/h3-6,12H,1-2,7-9H2,(H2,15,19)(H3,16,17,18). The van der Waals surface area contributed by atoms with E-state index in [2.05, 4.69) is 10.3 Å². The van der Waals surface area contributed by atoms with Gasteiger partial charge in [0, 0.05) is 18.7 Å². The summed E-state index contributed by atoms with van der Waals surface area (Å²) in [5.41, 5.74) is 12.4. The van der Waals surface area contributed by atoms with Crippen molar-refractivity contribution in [2.75, 3.05) is 13.2 Å². The molecule has 5 N–H and O–H groups in total. The molecule has 1 heterocycles. The van der Waals surface area contributed by atoms with Gasteiger partial charge in [-0.15, -0.1) is 0 Å². The number of carbonyl (C=O) groups excluding carboxylic acids is 1. The second-order valence-electron chi connectivity index (χ2n) is 4.78. The monoisotopic (exact) mass is 276 g/mol. The van der Waals surface area contributed by atoms with Gasteiger partial charge in [-0.25, -0.2) is 4.99 Å². The molecule has 0 aliphatic carbocycles. The van der Waals surface area contributed by atoms with E-state index in [1.165, 1.54) is 0 Å². The van der Waals surface area contributed by atoms with Crippen LogP contribution in [0.15, 0.2) is 29.3 Å². The third kappa shape index (κ3) is 4.24. The molecule has 1 aliphatic rings. The number of benzene rings is 1. The number of primary amides is 1. The van der Waals surface area contributed by atoms with Gasteiger partial charge in [-0.3, -0.25) is 4.79 Å². The van der Waals surface area contributed by atoms with Gasteiger partial charge in [-0.2, -0.15) is 0 Å². The second-order valence-corrected chi connectivity index (χ2v) is 4.78. The quantitative estimate of drug-likeness (QED) is 0.534. The first-order valence-electron chi connectivity index (χ1n) is 6.69. The van der Waals surface area contributed by atoms with E-state index in [0.29, 0.717) is 24.6 Å². The van der Waals surface area contributed by atoms with Gasteiger partial charge in [0.25, 0.3) is 0 Å². The molecular formula is C14H20N4O2. The highest BCUT2D eigenvalue weighted by Gasteiger charge is 2.14. The van der Waals surface area contributed by atoms with E-state index in [1.807, 2.05) is 12.1 Å². The van der Waals surface area contributed by atoms with Crippen molar-refractivity contribution >= 4 is 11.9 Å². The number of hydrogen-bond donors (Lipinski definition) is 3. The molecule has 1 atom stereocenters. The minimum absolute atomic E-state index is 0.235. The number of amides is 1. The maximum Gasteiger partial charge on any atom is 0.248 e. The highest BCUT2D eigenvalue weighted by Crippen LogP contribution is 2.10. The molecule has 1 aromatic rings. The summed E-state index contributed by atoms with van der Waals surface area (Å²) >= 11 is 0. The Balaban J connectivity index is 1.79. The Labute approximate surface area is 118 Å². The Morgan fingerprint density at radius 3 is 2.70 bits per heavy atom. The lowest BCUT2D eigenvalue weighted by atomic mass is 10.1. The molecule has 1 aromatic carbocycles. The van der Waals surface area contributed by atoms with Crippen LogP contribution in [0.3, 0.4) is 0 Å². The summed E-state index contributed by atoms with van der Waals surface area (Å²) in [4.78, 5) is 15.2. The van der Waals surface area contributed by atoms with Crippen molar-refractivity contribution in [1.29, 1.82) is 0 Å². The number of aliphatic imine (C=N–C) groups is 1. The molecular weight excluding hydrogens is 256 g/mol. The van der Waals surface area contributed by atoms with Crippen LogP contribution in [0.25, 0.3) is 0 Å². The van der Waals surface area contributed by atoms with Gasteiger partial charge in [0.05, 0.1) is 12.6 Å². The fourth-order valence-corrected chi connectivity index (χ4v) is 2.03. The van der Waals surface area contributed by atoms with E-state index in [-0.39, 0.29) is 6.10 Å². The minimum atomic E-state index is -0.433. The lowest BCUT2D eigenvalue weighted by Gasteiger charge is -2.11. The molecule has 1 aliphatic heterocycles. The fraction of sp³-hybridized carbons (Fsp3) is 0.429. The summed E-state index contributed by atoms with van der Waals surface area (Å²) in [5.74, 6) is -0.0303. The van der Waals surface area contributed by atoms with Crippen LogP contribution < -0.4 is 16.8 Å². The predicted molar refractivity (Wildman–Crippen MR) is 77.3 cm³/mol. The number of rotatable bonds is 5. The van der Waals surface area contributed by atoms with Crippen molar-refractivity contribution in [3.05, 3.63) is 35.4 Å². The van der Waals surface area contributed by atoms with Crippen molar-refractivity contribution in [1.82, 2.24) is 5.32 Å². The number of ether oxygens (including phenoxy) is 1. The molecule has 0 radical (unpaired) electrons. The Morgan fingerprint density at radius 2 is 2.10 bits per heavy atom. The number of nitrogens with one attached hydrogen (secondary N) is 1. The first kappa shape index (κ1) is 14.3. The first-order chi connectivity index (χ1) is 9.65. The van der Waals surface area contributed by atoms with Crippen LogP contribution in [0.2, 0.25) is 0 Å². The van der Waals surface area contributed by atoms with Crippen LogP contribution in [0, 0.1) is 0 Å². The molecule has 0 spiro atoms. The molecule has 2 rings (SSSR count). The Morgan fingerprint density at radius 1 is 1.35 bits per heavy atom. The van der Waals surface area contributed by atoms with Crippen LogP contribution in [-0.4, -0.2) is 31.1 Å². The third-order valence-electron chi connectivity index (χ3n) is 3.21. The van der Waals surface area contributed by atoms with Gasteiger partial charge in [0.15, 0.2) is 5.96 Å². The molecule has 6 heteroatoms. The summed E-state index contributed by atoms with van der Waals surface area (Å²) in [7, 11) is 0. The molecule has 1 saturated heterocycles. The Hall–Kier alpha value is -2.08. The highest BCUT2D eigenvalue weighted by molar-refractivity contribution is 5.92. The predicted octanol–water partition coefficient (Wildman–Crippen LogP) is 0.369. The summed E-state index contributed by atoms with van der Waals surface area (Å²) in [6.07, 6.45) is 2.41. The van der Waals surface area contributed by atoms with Gasteiger partial charge >= 0.3 is 0 Å². The van der Waals surface area contributed by atoms with Gasteiger partial charge in [-0.1, -0.05) is 12.1 Å². The molecule has 20 heavy (non-hydrogen) atoms. The normalized spacial score (nSPS) is 19.0. The van der Waals surface area contributed by atoms with E-state index in [9.17, 15) is 4.79 Å². The molecule has 0 aromatic heterocycles. The van der Waals surface area contributed by atoms with E-state index < -0.39 is 5.91 Å². The number of nitrogens with two attached hydrogens (primary N) is 2. The third-order valence-corrected chi connectivity index (χ3v) is 3.21. The smallest absolute Gasteiger partial charge is 0.248 e. The van der Waals surface area contributed by atoms with Crippen LogP contribution >= 0.6 is 0 Å². The van der Waals surface area contributed by atoms with Gasteiger partial charge < -0.3 is 21.5 Å². The lowest BCUT2D eigenvalue weighted by molar-refractivity contribution is 0.1000. The Bertz CT molecular complexity index is 478. The zero-order valence-electron chi connectivity index (χ0n) is 11.3. The lowest BCUT2D eigenvalue weighted by Crippen LogP contribution is -2.37. The van der Waals surface area contributed by atoms with Crippen LogP contribution in [0.4, 0.5) is 0 Å². The van der Waals surface area contributed by atoms with E-state index >= 15 is 0 Å². The zero-order chi connectivity index (χ0) is 14.4. The summed E-state index contributed by atoms with van der Waals surface area (Å²) in [5, 5.41) is 3.05. The highest BCUT2D eigenvalue weighted by atomic mass is 16.5. The van der Waals surface area contributed by atoms with Crippen molar-refractivity contribution in [3.63, 3.8) is 0 Å². The molecule has 108 valence electrons. The number of hydrogen-bond acceptors (Lipinski definition) is 3. The van der Waals surface area contributed by atoms with Crippen molar-refractivity contribution in [2.45, 2.75) is 25.5 Å². The maximum atomic E-state index is 10.9. The SMILES string of the molecule is NC(=O)c1ccc(CN=C(N)NCC2CCCO2)cc1. The minimum Gasteiger partial charge on any atom is -0.376 e. The first-order valence-corrected chi connectivity index (χ1v) is 6.69. The fourth-order valence-electron chi connectivity index (χ4n) is 2.03.